The van der Waals surface area contributed by atoms with Crippen molar-refractivity contribution >= 4 is 56.4 Å². The lowest BCUT2D eigenvalue weighted by atomic mass is 9.83. The number of esters is 2. The number of nitrogens with zero attached hydrogens (tertiary/aromatic N) is 7. The van der Waals surface area contributed by atoms with Gasteiger partial charge in [0.25, 0.3) is 0 Å². The molecule has 0 unspecified atom stereocenters. The highest BCUT2D eigenvalue weighted by Crippen LogP contribution is 2.38. The van der Waals surface area contributed by atoms with Crippen molar-refractivity contribution < 1.29 is 56.2 Å². The lowest BCUT2D eigenvalue weighted by Gasteiger charge is -2.42. The van der Waals surface area contributed by atoms with Gasteiger partial charge in [-0.1, -0.05) is 26.8 Å². The zero-order chi connectivity index (χ0) is 44.8. The Balaban J connectivity index is 1.16. The Hall–Kier alpha value is -5.57. The summed E-state index contributed by atoms with van der Waals surface area (Å²) in [6.45, 7) is 6.23. The maximum atomic E-state index is 13.6. The van der Waals surface area contributed by atoms with Crippen LogP contribution in [0.4, 0.5) is 21.1 Å². The second-order valence-electron chi connectivity index (χ2n) is 15.7. The van der Waals surface area contributed by atoms with Crippen LogP contribution in [0.15, 0.2) is 36.8 Å². The number of ether oxygens (including phenoxy) is 5. The molecule has 20 nitrogen and oxygen atoms in total. The standard InChI is InChI=1S/C40H55N7O13S/c1-9-61(54,55)22-27-10-13-29(14-11-27)45(7)35-30-16-17-46(36(30)42-23-41-35)39(50)43(5)18-19-44(6)40(51)57-21-28-12-15-32(31(20-28)47(52)53)59-38-34(58-26(4)48)25(3)24(2)33(60-38)37(49)56-8/h12,15-17,20,23-25,27,29,33-34,38H,9-11,13-14,18-19,21-22H2,1-8H3/t24-,25-,27?,29?,33-,34+,38+/m0/s1. The number of fused-ring (bicyclic) bond motifs is 1. The number of hydrogen-bond donors (Lipinski definition) is 0. The van der Waals surface area contributed by atoms with Crippen molar-refractivity contribution in [1.29, 1.82) is 0 Å². The summed E-state index contributed by atoms with van der Waals surface area (Å²) >= 11 is 0. The molecule has 0 radical (unpaired) electrons. The van der Waals surface area contributed by atoms with Crippen LogP contribution in [0.25, 0.3) is 11.0 Å². The quantitative estimate of drug-likeness (QED) is 0.0890. The molecule has 0 N–H and O–H groups in total. The normalized spacial score (nSPS) is 22.8. The highest BCUT2D eigenvalue weighted by molar-refractivity contribution is 7.91. The minimum Gasteiger partial charge on any atom is -0.467 e. The van der Waals surface area contributed by atoms with Gasteiger partial charge in [0.05, 0.1) is 23.2 Å². The predicted octanol–water partition coefficient (Wildman–Crippen LogP) is 4.42. The third kappa shape index (κ3) is 11.0. The molecule has 1 saturated carbocycles. The van der Waals surface area contributed by atoms with Crippen molar-refractivity contribution in [3.63, 3.8) is 0 Å². The highest BCUT2D eigenvalue weighted by atomic mass is 32.2. The van der Waals surface area contributed by atoms with Gasteiger partial charge in [-0.15, -0.1) is 0 Å². The number of anilines is 1. The summed E-state index contributed by atoms with van der Waals surface area (Å²) in [6, 6.07) is 5.47. The number of carbonyl (C=O) groups is 4. The summed E-state index contributed by atoms with van der Waals surface area (Å²) in [5.74, 6) is -1.26. The number of sulfone groups is 1. The van der Waals surface area contributed by atoms with Crippen molar-refractivity contribution in [2.24, 2.45) is 17.8 Å². The van der Waals surface area contributed by atoms with Crippen molar-refractivity contribution in [2.75, 3.05) is 57.7 Å². The molecule has 2 amide bonds. The van der Waals surface area contributed by atoms with Gasteiger partial charge < -0.3 is 38.4 Å². The van der Waals surface area contributed by atoms with E-state index < -0.39 is 68.8 Å². The van der Waals surface area contributed by atoms with Crippen LogP contribution in [0.5, 0.6) is 5.75 Å². The third-order valence-electron chi connectivity index (χ3n) is 11.6. The van der Waals surface area contributed by atoms with Gasteiger partial charge in [0.1, 0.15) is 28.6 Å². The van der Waals surface area contributed by atoms with E-state index in [0.29, 0.717) is 16.9 Å². The van der Waals surface area contributed by atoms with E-state index in [1.807, 2.05) is 7.05 Å². The molecule has 5 atom stereocenters. The summed E-state index contributed by atoms with van der Waals surface area (Å²) in [7, 11) is 3.19. The summed E-state index contributed by atoms with van der Waals surface area (Å²) in [5, 5.41) is 12.8. The van der Waals surface area contributed by atoms with Crippen LogP contribution >= 0.6 is 0 Å². The summed E-state index contributed by atoms with van der Waals surface area (Å²) in [5.41, 5.74) is 0.198. The number of rotatable bonds is 15. The number of nitro benzene ring substituents is 1. The van der Waals surface area contributed by atoms with Crippen LogP contribution in [0.3, 0.4) is 0 Å². The fourth-order valence-electron chi connectivity index (χ4n) is 7.67. The molecule has 1 saturated heterocycles. The average molecular weight is 874 g/mol. The highest BCUT2D eigenvalue weighted by Gasteiger charge is 2.48. The topological polar surface area (TPSA) is 232 Å². The first-order chi connectivity index (χ1) is 28.8. The zero-order valence-corrected chi connectivity index (χ0v) is 36.5. The Kier molecular flexibility index (Phi) is 15.1. The smallest absolute Gasteiger partial charge is 0.409 e. The average Bonchev–Trinajstić information content (AvgIpc) is 3.68. The first-order valence-electron chi connectivity index (χ1n) is 20.1. The first-order valence-corrected chi connectivity index (χ1v) is 21.9. The Morgan fingerprint density at radius 3 is 2.33 bits per heavy atom. The molecule has 2 aromatic heterocycles. The Morgan fingerprint density at radius 1 is 1.00 bits per heavy atom. The van der Waals surface area contributed by atoms with Gasteiger partial charge in [-0.25, -0.2) is 32.8 Å². The molecule has 0 spiro atoms. The maximum absolute atomic E-state index is 13.6. The maximum Gasteiger partial charge on any atom is 0.409 e. The summed E-state index contributed by atoms with van der Waals surface area (Å²) < 4.78 is 53.2. The summed E-state index contributed by atoms with van der Waals surface area (Å²) in [4.78, 5) is 76.0. The van der Waals surface area contributed by atoms with Crippen LogP contribution < -0.4 is 9.64 Å². The van der Waals surface area contributed by atoms with E-state index in [1.165, 1.54) is 60.0 Å². The minimum atomic E-state index is -3.04. The molecule has 334 valence electrons. The van der Waals surface area contributed by atoms with E-state index in [9.17, 15) is 37.7 Å². The Bertz CT molecular complexity index is 2190. The molecule has 61 heavy (non-hydrogen) atoms. The number of aromatic nitrogens is 3. The van der Waals surface area contributed by atoms with Crippen LogP contribution in [-0.4, -0.2) is 139 Å². The number of amides is 2. The fraction of sp³-hybridized carbons (Fsp3) is 0.600. The number of benzene rings is 1. The van der Waals surface area contributed by atoms with Gasteiger partial charge in [-0.05, 0) is 55.2 Å². The van der Waals surface area contributed by atoms with E-state index >= 15 is 0 Å². The molecule has 0 bridgehead atoms. The molecule has 1 aromatic carbocycles. The van der Waals surface area contributed by atoms with E-state index in [4.69, 9.17) is 23.7 Å². The first kappa shape index (κ1) is 46.5. The molecule has 21 heteroatoms. The van der Waals surface area contributed by atoms with Gasteiger partial charge >= 0.3 is 29.8 Å². The van der Waals surface area contributed by atoms with E-state index in [2.05, 4.69) is 14.9 Å². The molecule has 3 heterocycles. The van der Waals surface area contributed by atoms with Gasteiger partial charge in [0, 0.05) is 71.1 Å². The molecule has 2 aliphatic rings. The van der Waals surface area contributed by atoms with Crippen molar-refractivity contribution in [3.8, 4) is 5.75 Å². The number of hydrogen-bond acceptors (Lipinski definition) is 16. The lowest BCUT2D eigenvalue weighted by molar-refractivity contribution is -0.387. The van der Waals surface area contributed by atoms with Gasteiger partial charge in [0.2, 0.25) is 6.29 Å². The SMILES string of the molecule is CCS(=O)(=O)CC1CCC(N(C)c2ncnc3c2ccn3C(=O)N(C)CCN(C)C(=O)OCc2ccc(O[C@@H]3O[C@H](C(=O)OC)[C@@H](C)[C@H](C)[C@H]3OC(C)=O)c([N+](=O)[O-])c2)CC1. The van der Waals surface area contributed by atoms with E-state index in [-0.39, 0.29) is 60.5 Å². The third-order valence-corrected chi connectivity index (χ3v) is 13.5. The lowest BCUT2D eigenvalue weighted by Crippen LogP contribution is -2.55. The second kappa shape index (κ2) is 19.9. The van der Waals surface area contributed by atoms with E-state index in [0.717, 1.165) is 25.7 Å². The molecule has 1 aliphatic carbocycles. The molecule has 2 fully saturated rings. The van der Waals surface area contributed by atoms with Crippen molar-refractivity contribution in [1.82, 2.24) is 24.3 Å². The zero-order valence-electron chi connectivity index (χ0n) is 35.7. The number of carbonyl (C=O) groups excluding carboxylic acids is 4. The fourth-order valence-corrected chi connectivity index (χ4v) is 8.96. The van der Waals surface area contributed by atoms with Gasteiger partial charge in [0.15, 0.2) is 23.6 Å². The van der Waals surface area contributed by atoms with Crippen LogP contribution in [-0.2, 0) is 45.0 Å². The minimum absolute atomic E-state index is 0.0902. The number of likely N-dealkylation sites (N-methyl/N-ethyl adjacent to an activating group) is 2. The van der Waals surface area contributed by atoms with Crippen molar-refractivity contribution in [2.45, 2.75) is 84.5 Å². The monoisotopic (exact) mass is 873 g/mol. The Morgan fingerprint density at radius 2 is 1.69 bits per heavy atom. The van der Waals surface area contributed by atoms with Crippen molar-refractivity contribution in [3.05, 3.63) is 52.5 Å². The largest absolute Gasteiger partial charge is 0.467 e. The van der Waals surface area contributed by atoms with Crippen LogP contribution in [0.2, 0.25) is 0 Å². The van der Waals surface area contributed by atoms with Crippen LogP contribution in [0, 0.1) is 27.9 Å². The second-order valence-corrected chi connectivity index (χ2v) is 18.1. The predicted molar refractivity (Wildman–Crippen MR) is 221 cm³/mol. The van der Waals surface area contributed by atoms with E-state index in [1.54, 1.807) is 40.1 Å². The number of nitro groups is 1. The van der Waals surface area contributed by atoms with Gasteiger partial charge in [-0.3, -0.25) is 19.5 Å². The molecular formula is C40H55N7O13S. The van der Waals surface area contributed by atoms with Crippen LogP contribution in [0.1, 0.15) is 58.9 Å². The molecule has 5 rings (SSSR count). The Labute approximate surface area is 354 Å². The molecular weight excluding hydrogens is 819 g/mol. The molecule has 1 aliphatic heterocycles. The van der Waals surface area contributed by atoms with Gasteiger partial charge in [-0.2, -0.15) is 0 Å². The molecule has 3 aromatic rings. The summed E-state index contributed by atoms with van der Waals surface area (Å²) in [6.07, 6.45) is 2.07. The number of methoxy groups -OCH3 is 1.